The van der Waals surface area contributed by atoms with E-state index in [-0.39, 0.29) is 5.15 Å². The Morgan fingerprint density at radius 3 is 2.59 bits per heavy atom. The summed E-state index contributed by atoms with van der Waals surface area (Å²) in [5.41, 5.74) is 0.0230. The minimum Gasteiger partial charge on any atom is -0.443 e. The van der Waals surface area contributed by atoms with Crippen LogP contribution in [-0.2, 0) is 4.74 Å². The molecule has 0 unspecified atom stereocenters. The molecule has 0 N–H and O–H groups in total. The van der Waals surface area contributed by atoms with Crippen molar-refractivity contribution in [3.63, 3.8) is 0 Å². The number of aromatic nitrogens is 1. The monoisotopic (exact) mass is 368 g/mol. The Morgan fingerprint density at radius 1 is 1.53 bits per heavy atom. The van der Waals surface area contributed by atoms with Crippen LogP contribution in [0.3, 0.4) is 0 Å². The first-order valence-corrected chi connectivity index (χ1v) is 6.45. The predicted molar refractivity (Wildman–Crippen MR) is 76.6 cm³/mol. The number of hydrogen-bond donors (Lipinski definition) is 0. The fourth-order valence-electron chi connectivity index (χ4n) is 1.13. The van der Waals surface area contributed by atoms with E-state index in [0.717, 1.165) is 3.57 Å². The molecule has 0 aliphatic carbocycles. The molecule has 17 heavy (non-hydrogen) atoms. The summed E-state index contributed by atoms with van der Waals surface area (Å²) in [6.45, 7) is 5.44. The van der Waals surface area contributed by atoms with Crippen molar-refractivity contribution in [1.82, 2.24) is 4.98 Å². The third-order valence-electron chi connectivity index (χ3n) is 1.83. The molecule has 0 aromatic carbocycles. The van der Waals surface area contributed by atoms with Crippen molar-refractivity contribution in [2.45, 2.75) is 26.4 Å². The number of hydrogen-bond acceptors (Lipinski definition) is 3. The summed E-state index contributed by atoms with van der Waals surface area (Å²) < 4.78 is 6.10. The van der Waals surface area contributed by atoms with Crippen LogP contribution in [0, 0.1) is 3.57 Å². The largest absolute Gasteiger partial charge is 0.443 e. The van der Waals surface area contributed by atoms with Crippen LogP contribution in [0.4, 0.5) is 10.5 Å². The number of amides is 1. The topological polar surface area (TPSA) is 42.4 Å². The molecule has 0 aliphatic heterocycles. The molecule has 1 aromatic heterocycles. The average Bonchev–Trinajstić information content (AvgIpc) is 2.14. The molecule has 0 fully saturated rings. The standard InChI is InChI=1S/C11H14ClIN2O2/c1-11(2,3)17-10(16)15(4)8-7(13)5-6-14-9(8)12/h5-6H,1-4H3. The van der Waals surface area contributed by atoms with Crippen molar-refractivity contribution in [2.75, 3.05) is 11.9 Å². The molecule has 0 bridgehead atoms. The first-order valence-electron chi connectivity index (χ1n) is 4.99. The zero-order chi connectivity index (χ0) is 13.2. The van der Waals surface area contributed by atoms with Crippen molar-refractivity contribution in [3.8, 4) is 0 Å². The van der Waals surface area contributed by atoms with Gasteiger partial charge in [-0.3, -0.25) is 4.90 Å². The van der Waals surface area contributed by atoms with Crippen molar-refractivity contribution in [3.05, 3.63) is 21.0 Å². The first-order chi connectivity index (χ1) is 7.72. The van der Waals surface area contributed by atoms with E-state index in [9.17, 15) is 4.79 Å². The van der Waals surface area contributed by atoms with E-state index < -0.39 is 11.7 Å². The van der Waals surface area contributed by atoms with Gasteiger partial charge in [0.15, 0.2) is 5.15 Å². The van der Waals surface area contributed by atoms with Crippen molar-refractivity contribution >= 4 is 46.0 Å². The van der Waals surface area contributed by atoms with Crippen LogP contribution < -0.4 is 4.90 Å². The summed E-state index contributed by atoms with van der Waals surface area (Å²) in [5.74, 6) is 0. The Kier molecular flexibility index (Phi) is 4.60. The highest BCUT2D eigenvalue weighted by Crippen LogP contribution is 2.29. The second kappa shape index (κ2) is 5.39. The average molecular weight is 369 g/mol. The van der Waals surface area contributed by atoms with E-state index in [2.05, 4.69) is 27.6 Å². The molecular formula is C11H14ClIN2O2. The van der Waals surface area contributed by atoms with Crippen LogP contribution in [0.5, 0.6) is 0 Å². The smallest absolute Gasteiger partial charge is 0.414 e. The van der Waals surface area contributed by atoms with E-state index >= 15 is 0 Å². The molecular weight excluding hydrogens is 354 g/mol. The molecule has 0 aliphatic rings. The van der Waals surface area contributed by atoms with Crippen molar-refractivity contribution in [2.24, 2.45) is 0 Å². The molecule has 0 atom stereocenters. The fraction of sp³-hybridized carbons (Fsp3) is 0.455. The fourth-order valence-corrected chi connectivity index (χ4v) is 2.35. The van der Waals surface area contributed by atoms with Gasteiger partial charge in [-0.2, -0.15) is 0 Å². The molecule has 1 heterocycles. The van der Waals surface area contributed by atoms with Gasteiger partial charge in [-0.1, -0.05) is 11.6 Å². The molecule has 0 saturated heterocycles. The van der Waals surface area contributed by atoms with Gasteiger partial charge < -0.3 is 4.74 Å². The second-order valence-electron chi connectivity index (χ2n) is 4.47. The number of pyridine rings is 1. The molecule has 1 rings (SSSR count). The van der Waals surface area contributed by atoms with Crippen LogP contribution in [-0.4, -0.2) is 23.7 Å². The second-order valence-corrected chi connectivity index (χ2v) is 5.99. The van der Waals surface area contributed by atoms with E-state index in [1.165, 1.54) is 4.90 Å². The third-order valence-corrected chi connectivity index (χ3v) is 2.98. The lowest BCUT2D eigenvalue weighted by Crippen LogP contribution is -2.34. The Bertz CT molecular complexity index is 412. The van der Waals surface area contributed by atoms with E-state index in [1.807, 2.05) is 20.8 Å². The normalized spacial score (nSPS) is 11.2. The van der Waals surface area contributed by atoms with Gasteiger partial charge in [0.2, 0.25) is 0 Å². The van der Waals surface area contributed by atoms with Crippen LogP contribution in [0.25, 0.3) is 0 Å². The summed E-state index contributed by atoms with van der Waals surface area (Å²) in [5, 5.41) is 0.283. The molecule has 1 amide bonds. The van der Waals surface area contributed by atoms with Crippen LogP contribution >= 0.6 is 34.2 Å². The molecule has 1 aromatic rings. The van der Waals surface area contributed by atoms with Gasteiger partial charge in [-0.05, 0) is 49.4 Å². The lowest BCUT2D eigenvalue weighted by Gasteiger charge is -2.25. The zero-order valence-electron chi connectivity index (χ0n) is 10.1. The van der Waals surface area contributed by atoms with E-state index in [0.29, 0.717) is 5.69 Å². The van der Waals surface area contributed by atoms with E-state index in [4.69, 9.17) is 16.3 Å². The Hall–Kier alpha value is -0.560. The van der Waals surface area contributed by atoms with Crippen LogP contribution in [0.2, 0.25) is 5.15 Å². The van der Waals surface area contributed by atoms with Gasteiger partial charge in [0, 0.05) is 16.8 Å². The number of halogens is 2. The Morgan fingerprint density at radius 2 is 2.12 bits per heavy atom. The highest BCUT2D eigenvalue weighted by molar-refractivity contribution is 14.1. The summed E-state index contributed by atoms with van der Waals surface area (Å²) in [6.07, 6.45) is 1.14. The first kappa shape index (κ1) is 14.5. The van der Waals surface area contributed by atoms with Gasteiger partial charge in [-0.25, -0.2) is 9.78 Å². The molecule has 4 nitrogen and oxygen atoms in total. The summed E-state index contributed by atoms with van der Waals surface area (Å²) >= 11 is 8.07. The lowest BCUT2D eigenvalue weighted by molar-refractivity contribution is 0.0589. The van der Waals surface area contributed by atoms with Gasteiger partial charge in [0.1, 0.15) is 5.60 Å². The lowest BCUT2D eigenvalue weighted by atomic mass is 10.2. The maximum atomic E-state index is 11.9. The quantitative estimate of drug-likeness (QED) is 0.560. The van der Waals surface area contributed by atoms with Crippen molar-refractivity contribution < 1.29 is 9.53 Å². The van der Waals surface area contributed by atoms with Crippen LogP contribution in [0.15, 0.2) is 12.3 Å². The minimum atomic E-state index is -0.536. The number of ether oxygens (including phenoxy) is 1. The molecule has 0 radical (unpaired) electrons. The van der Waals surface area contributed by atoms with Gasteiger partial charge >= 0.3 is 6.09 Å². The highest BCUT2D eigenvalue weighted by Gasteiger charge is 2.23. The van der Waals surface area contributed by atoms with Gasteiger partial charge in [0.25, 0.3) is 0 Å². The number of carbonyl (C=O) groups excluding carboxylic acids is 1. The van der Waals surface area contributed by atoms with Gasteiger partial charge in [0.05, 0.1) is 5.69 Å². The minimum absolute atomic E-state index is 0.283. The maximum absolute atomic E-state index is 11.9. The predicted octanol–water partition coefficient (Wildman–Crippen LogP) is 3.71. The Labute approximate surface area is 119 Å². The van der Waals surface area contributed by atoms with Crippen molar-refractivity contribution in [1.29, 1.82) is 0 Å². The Balaban J connectivity index is 2.97. The zero-order valence-corrected chi connectivity index (χ0v) is 13.0. The maximum Gasteiger partial charge on any atom is 0.414 e. The summed E-state index contributed by atoms with van der Waals surface area (Å²) in [7, 11) is 1.61. The SMILES string of the molecule is CN(C(=O)OC(C)(C)C)c1c(I)ccnc1Cl. The number of carbonyl (C=O) groups is 1. The number of nitrogens with zero attached hydrogens (tertiary/aromatic N) is 2. The van der Waals surface area contributed by atoms with Gasteiger partial charge in [-0.15, -0.1) is 0 Å². The summed E-state index contributed by atoms with van der Waals surface area (Å²) in [6, 6.07) is 1.78. The number of anilines is 1. The molecule has 94 valence electrons. The molecule has 6 heteroatoms. The summed E-state index contributed by atoms with van der Waals surface area (Å²) in [4.78, 5) is 17.2. The third kappa shape index (κ3) is 3.99. The highest BCUT2D eigenvalue weighted by atomic mass is 127. The molecule has 0 spiro atoms. The number of rotatable bonds is 1. The van der Waals surface area contributed by atoms with E-state index in [1.54, 1.807) is 19.3 Å². The molecule has 0 saturated carbocycles. The van der Waals surface area contributed by atoms with Crippen LogP contribution in [0.1, 0.15) is 20.8 Å².